The maximum Gasteiger partial charge on any atom is 0.157 e. The summed E-state index contributed by atoms with van der Waals surface area (Å²) in [7, 11) is 0. The molecule has 1 fully saturated rings. The summed E-state index contributed by atoms with van der Waals surface area (Å²) in [5.41, 5.74) is 0. The van der Waals surface area contributed by atoms with Gasteiger partial charge in [0, 0.05) is 12.5 Å². The quantitative estimate of drug-likeness (QED) is 0.866. The Kier molecular flexibility index (Phi) is 5.97. The maximum atomic E-state index is 6.18. The minimum atomic E-state index is -0.0372. The minimum Gasteiger partial charge on any atom is -0.485 e. The van der Waals surface area contributed by atoms with Gasteiger partial charge in [0.05, 0.1) is 22.8 Å². The number of halogens is 2. The van der Waals surface area contributed by atoms with Crippen LogP contribution in [0.25, 0.3) is 0 Å². The summed E-state index contributed by atoms with van der Waals surface area (Å²) in [6.07, 6.45) is 1.22. The normalized spacial score (nSPS) is 20.4. The molecule has 20 heavy (non-hydrogen) atoms. The van der Waals surface area contributed by atoms with Crippen molar-refractivity contribution in [2.75, 3.05) is 19.7 Å². The molecule has 0 bridgehead atoms. The zero-order valence-electron chi connectivity index (χ0n) is 11.9. The van der Waals surface area contributed by atoms with E-state index in [1.54, 1.807) is 12.1 Å². The molecule has 3 nitrogen and oxygen atoms in total. The molecule has 0 saturated carbocycles. The van der Waals surface area contributed by atoms with Crippen molar-refractivity contribution in [1.29, 1.82) is 0 Å². The van der Waals surface area contributed by atoms with Crippen molar-refractivity contribution in [2.45, 2.75) is 32.5 Å². The lowest BCUT2D eigenvalue weighted by Crippen LogP contribution is -2.34. The summed E-state index contributed by atoms with van der Waals surface area (Å²) in [4.78, 5) is 0. The molecule has 1 unspecified atom stereocenters. The number of hydrogen-bond acceptors (Lipinski definition) is 3. The first-order valence-corrected chi connectivity index (χ1v) is 7.76. The van der Waals surface area contributed by atoms with Crippen molar-refractivity contribution in [3.8, 4) is 5.75 Å². The number of nitrogens with one attached hydrogen (secondary N) is 1. The van der Waals surface area contributed by atoms with Crippen molar-refractivity contribution in [3.63, 3.8) is 0 Å². The molecule has 1 N–H and O–H groups in total. The van der Waals surface area contributed by atoms with Crippen LogP contribution < -0.4 is 10.1 Å². The average molecular weight is 318 g/mol. The van der Waals surface area contributed by atoms with E-state index in [-0.39, 0.29) is 12.2 Å². The number of para-hydroxylation sites is 1. The second kappa shape index (κ2) is 7.51. The SMILES string of the molecule is CC(C)OC[C@@H](Oc1c(Cl)cccc1Cl)C1CCNC1. The fourth-order valence-electron chi connectivity index (χ4n) is 2.29. The zero-order valence-corrected chi connectivity index (χ0v) is 13.4. The van der Waals surface area contributed by atoms with Gasteiger partial charge in [-0.15, -0.1) is 0 Å². The highest BCUT2D eigenvalue weighted by Gasteiger charge is 2.28. The molecule has 0 radical (unpaired) electrons. The zero-order chi connectivity index (χ0) is 14.5. The van der Waals surface area contributed by atoms with E-state index in [4.69, 9.17) is 32.7 Å². The van der Waals surface area contributed by atoms with Crippen LogP contribution in [-0.4, -0.2) is 31.9 Å². The molecule has 1 saturated heterocycles. The minimum absolute atomic E-state index is 0.0372. The Bertz CT molecular complexity index is 414. The lowest BCUT2D eigenvalue weighted by molar-refractivity contribution is -0.00358. The van der Waals surface area contributed by atoms with E-state index in [1.165, 1.54) is 0 Å². The molecule has 1 aliphatic rings. The summed E-state index contributed by atoms with van der Waals surface area (Å²) in [5.74, 6) is 0.973. The van der Waals surface area contributed by atoms with Gasteiger partial charge < -0.3 is 14.8 Å². The van der Waals surface area contributed by atoms with E-state index in [0.717, 1.165) is 19.5 Å². The van der Waals surface area contributed by atoms with Crippen molar-refractivity contribution < 1.29 is 9.47 Å². The number of hydrogen-bond donors (Lipinski definition) is 1. The molecule has 0 spiro atoms. The molecule has 1 heterocycles. The Morgan fingerprint density at radius 3 is 2.55 bits per heavy atom. The van der Waals surface area contributed by atoms with E-state index in [0.29, 0.717) is 28.3 Å². The summed E-state index contributed by atoms with van der Waals surface area (Å²) < 4.78 is 11.8. The van der Waals surface area contributed by atoms with Gasteiger partial charge in [0.1, 0.15) is 6.10 Å². The van der Waals surface area contributed by atoms with Crippen molar-refractivity contribution in [1.82, 2.24) is 5.32 Å². The van der Waals surface area contributed by atoms with Crippen molar-refractivity contribution in [2.24, 2.45) is 5.92 Å². The number of rotatable bonds is 6. The monoisotopic (exact) mass is 317 g/mol. The highest BCUT2D eigenvalue weighted by atomic mass is 35.5. The third-order valence-electron chi connectivity index (χ3n) is 3.41. The van der Waals surface area contributed by atoms with Gasteiger partial charge in [-0.3, -0.25) is 0 Å². The second-order valence-corrected chi connectivity index (χ2v) is 6.16. The number of ether oxygens (including phenoxy) is 2. The summed E-state index contributed by atoms with van der Waals surface area (Å²) >= 11 is 12.4. The van der Waals surface area contributed by atoms with Gasteiger partial charge in [0.25, 0.3) is 0 Å². The highest BCUT2D eigenvalue weighted by molar-refractivity contribution is 6.37. The third kappa shape index (κ3) is 4.26. The first kappa shape index (κ1) is 15.9. The van der Waals surface area contributed by atoms with E-state index in [9.17, 15) is 0 Å². The van der Waals surface area contributed by atoms with E-state index in [1.807, 2.05) is 19.9 Å². The first-order chi connectivity index (χ1) is 9.58. The highest BCUT2D eigenvalue weighted by Crippen LogP contribution is 2.34. The smallest absolute Gasteiger partial charge is 0.157 e. The van der Waals surface area contributed by atoms with Crippen LogP contribution in [0.4, 0.5) is 0 Å². The molecule has 1 aromatic rings. The lowest BCUT2D eigenvalue weighted by atomic mass is 10.0. The Morgan fingerprint density at radius 2 is 2.00 bits per heavy atom. The number of benzene rings is 1. The van der Waals surface area contributed by atoms with E-state index in [2.05, 4.69) is 5.32 Å². The lowest BCUT2D eigenvalue weighted by Gasteiger charge is -2.26. The van der Waals surface area contributed by atoms with Crippen LogP contribution in [0.2, 0.25) is 10.0 Å². The van der Waals surface area contributed by atoms with Crippen LogP contribution in [0.5, 0.6) is 5.75 Å². The average Bonchev–Trinajstić information content (AvgIpc) is 2.91. The molecule has 1 aliphatic heterocycles. The van der Waals surface area contributed by atoms with Gasteiger partial charge in [-0.1, -0.05) is 29.3 Å². The largest absolute Gasteiger partial charge is 0.485 e. The van der Waals surface area contributed by atoms with Gasteiger partial charge in [-0.2, -0.15) is 0 Å². The van der Waals surface area contributed by atoms with Gasteiger partial charge in [0.2, 0.25) is 0 Å². The Morgan fingerprint density at radius 1 is 1.30 bits per heavy atom. The maximum absolute atomic E-state index is 6.18. The molecule has 0 aromatic heterocycles. The predicted octanol–water partition coefficient (Wildman–Crippen LogP) is 3.78. The van der Waals surface area contributed by atoms with Crippen molar-refractivity contribution in [3.05, 3.63) is 28.2 Å². The fraction of sp³-hybridized carbons (Fsp3) is 0.600. The molecule has 0 amide bonds. The molecule has 1 aromatic carbocycles. The Hall–Kier alpha value is -0.480. The van der Waals surface area contributed by atoms with Gasteiger partial charge in [-0.05, 0) is 38.9 Å². The second-order valence-electron chi connectivity index (χ2n) is 5.34. The molecule has 2 atom stereocenters. The van der Waals surface area contributed by atoms with Crippen molar-refractivity contribution >= 4 is 23.2 Å². The molecule has 0 aliphatic carbocycles. The van der Waals surface area contributed by atoms with Gasteiger partial charge >= 0.3 is 0 Å². The molecule has 5 heteroatoms. The topological polar surface area (TPSA) is 30.5 Å². The standard InChI is InChI=1S/C15H21Cl2NO2/c1-10(2)19-9-14(11-6-7-18-8-11)20-15-12(16)4-3-5-13(15)17/h3-5,10-11,14,18H,6-9H2,1-2H3/t11?,14-/m1/s1. The Labute approximate surface area is 130 Å². The van der Waals surface area contributed by atoms with Crippen LogP contribution in [0.15, 0.2) is 18.2 Å². The summed E-state index contributed by atoms with van der Waals surface area (Å²) in [6.45, 7) is 6.54. The van der Waals surface area contributed by atoms with Gasteiger partial charge in [0.15, 0.2) is 5.75 Å². The molecular weight excluding hydrogens is 297 g/mol. The van der Waals surface area contributed by atoms with Crippen LogP contribution in [0, 0.1) is 5.92 Å². The Balaban J connectivity index is 2.09. The molecular formula is C15H21Cl2NO2. The summed E-state index contributed by atoms with van der Waals surface area (Å²) in [6, 6.07) is 5.39. The van der Waals surface area contributed by atoms with E-state index >= 15 is 0 Å². The predicted molar refractivity (Wildman–Crippen MR) is 82.9 cm³/mol. The van der Waals surface area contributed by atoms with Crippen LogP contribution >= 0.6 is 23.2 Å². The van der Waals surface area contributed by atoms with E-state index < -0.39 is 0 Å². The molecule has 2 rings (SSSR count). The van der Waals surface area contributed by atoms with Gasteiger partial charge in [-0.25, -0.2) is 0 Å². The molecule has 112 valence electrons. The van der Waals surface area contributed by atoms with Crippen LogP contribution in [-0.2, 0) is 4.74 Å². The fourth-order valence-corrected chi connectivity index (χ4v) is 2.78. The first-order valence-electron chi connectivity index (χ1n) is 7.01. The third-order valence-corrected chi connectivity index (χ3v) is 4.00. The summed E-state index contributed by atoms with van der Waals surface area (Å²) in [5, 5.41) is 4.43. The van der Waals surface area contributed by atoms with Crippen LogP contribution in [0.3, 0.4) is 0 Å². The van der Waals surface area contributed by atoms with Crippen LogP contribution in [0.1, 0.15) is 20.3 Å².